The fourth-order valence-corrected chi connectivity index (χ4v) is 5.55. The van der Waals surface area contributed by atoms with E-state index in [0.717, 1.165) is 53.3 Å². The highest BCUT2D eigenvalue weighted by atomic mass is 16.5. The first kappa shape index (κ1) is 26.0. The Labute approximate surface area is 212 Å². The second-order valence-corrected chi connectivity index (χ2v) is 9.94. The smallest absolute Gasteiger partial charge is 0.327 e. The zero-order valence-corrected chi connectivity index (χ0v) is 21.9. The summed E-state index contributed by atoms with van der Waals surface area (Å²) in [6, 6.07) is 6.42. The van der Waals surface area contributed by atoms with Crippen molar-refractivity contribution in [1.82, 2.24) is 30.1 Å². The van der Waals surface area contributed by atoms with Crippen molar-refractivity contribution in [2.24, 2.45) is 0 Å². The zero-order valence-electron chi connectivity index (χ0n) is 21.9. The Kier molecular flexibility index (Phi) is 8.51. The lowest BCUT2D eigenvalue weighted by molar-refractivity contribution is -0.144. The molecule has 0 spiro atoms. The fourth-order valence-electron chi connectivity index (χ4n) is 5.55. The molecule has 1 aromatic carbocycles. The van der Waals surface area contributed by atoms with Crippen LogP contribution in [-0.2, 0) is 22.6 Å². The van der Waals surface area contributed by atoms with E-state index in [2.05, 4.69) is 45.3 Å². The number of esters is 1. The number of carbonyl (C=O) groups excluding carboxylic acids is 1. The van der Waals surface area contributed by atoms with Crippen LogP contribution in [0.4, 0.5) is 0 Å². The second-order valence-electron chi connectivity index (χ2n) is 9.94. The average molecular weight is 495 g/mol. The quantitative estimate of drug-likeness (QED) is 0.417. The number of rotatable bonds is 10. The lowest BCUT2D eigenvalue weighted by atomic mass is 9.91. The highest BCUT2D eigenvalue weighted by molar-refractivity contribution is 5.83. The van der Waals surface area contributed by atoms with Crippen LogP contribution in [0, 0.1) is 13.8 Å². The van der Waals surface area contributed by atoms with E-state index in [1.807, 2.05) is 19.1 Å². The molecule has 1 fully saturated rings. The van der Waals surface area contributed by atoms with Gasteiger partial charge in [0, 0.05) is 29.1 Å². The molecule has 3 aromatic rings. The van der Waals surface area contributed by atoms with Gasteiger partial charge in [0.25, 0.3) is 5.56 Å². The number of ether oxygens (including phenoxy) is 1. The predicted octanol–water partition coefficient (Wildman–Crippen LogP) is 4.37. The Bertz CT molecular complexity index is 1240. The Morgan fingerprint density at radius 2 is 1.97 bits per heavy atom. The van der Waals surface area contributed by atoms with Crippen molar-refractivity contribution in [3.63, 3.8) is 0 Å². The summed E-state index contributed by atoms with van der Waals surface area (Å²) in [4.78, 5) is 31.0. The number of carbonyl (C=O) groups is 1. The molecule has 9 heteroatoms. The summed E-state index contributed by atoms with van der Waals surface area (Å²) >= 11 is 0. The minimum absolute atomic E-state index is 0.0238. The Morgan fingerprint density at radius 1 is 1.19 bits per heavy atom. The molecule has 0 radical (unpaired) electrons. The number of hydrogen-bond donors (Lipinski definition) is 1. The lowest BCUT2D eigenvalue weighted by Crippen LogP contribution is -2.41. The Balaban J connectivity index is 1.74. The first-order chi connectivity index (χ1) is 17.4. The van der Waals surface area contributed by atoms with Crippen molar-refractivity contribution < 1.29 is 9.53 Å². The first-order valence-electron chi connectivity index (χ1n) is 13.2. The molecule has 1 aliphatic rings. The molecule has 0 aliphatic heterocycles. The number of aromatic amines is 1. The van der Waals surface area contributed by atoms with Gasteiger partial charge in [-0.2, -0.15) is 0 Å². The number of fused-ring (bicyclic) bond motifs is 1. The van der Waals surface area contributed by atoms with Crippen molar-refractivity contribution in [2.75, 3.05) is 6.61 Å². The molecule has 2 aromatic heterocycles. The van der Waals surface area contributed by atoms with E-state index in [9.17, 15) is 9.59 Å². The molecular weight excluding hydrogens is 456 g/mol. The molecule has 0 saturated heterocycles. The van der Waals surface area contributed by atoms with Crippen molar-refractivity contribution in [3.05, 3.63) is 51.1 Å². The number of aryl methyl sites for hydroxylation is 2. The number of tetrazole rings is 1. The number of pyridine rings is 1. The number of H-pyrrole nitrogens is 1. The molecule has 4 rings (SSSR count). The molecule has 9 nitrogen and oxygen atoms in total. The maximum atomic E-state index is 13.2. The molecule has 0 amide bonds. The number of hydrogen-bond acceptors (Lipinski definition) is 7. The van der Waals surface area contributed by atoms with Crippen LogP contribution < -0.4 is 5.56 Å². The van der Waals surface area contributed by atoms with Crippen molar-refractivity contribution >= 4 is 16.9 Å². The number of aromatic nitrogens is 5. The topological polar surface area (TPSA) is 106 Å². The van der Waals surface area contributed by atoms with Crippen LogP contribution in [0.2, 0.25) is 0 Å². The average Bonchev–Trinajstić information content (AvgIpc) is 3.30. The molecule has 1 N–H and O–H groups in total. The number of benzene rings is 1. The van der Waals surface area contributed by atoms with Crippen LogP contribution in [0.5, 0.6) is 0 Å². The third-order valence-electron chi connectivity index (χ3n) is 7.19. The highest BCUT2D eigenvalue weighted by Gasteiger charge is 2.33. The Hall–Kier alpha value is -3.07. The largest absolute Gasteiger partial charge is 0.465 e. The second kappa shape index (κ2) is 11.8. The van der Waals surface area contributed by atoms with E-state index >= 15 is 0 Å². The summed E-state index contributed by atoms with van der Waals surface area (Å²) in [5.74, 6) is 0.293. The lowest BCUT2D eigenvalue weighted by Gasteiger charge is -2.39. The SMILES string of the molecule is CCCC(c1nnnn1CC(=O)OCC)N(Cc1cc2c(C)cc(C)cc2[nH]c1=O)C1CCCCC1. The summed E-state index contributed by atoms with van der Waals surface area (Å²) in [6.45, 7) is 8.84. The summed E-state index contributed by atoms with van der Waals surface area (Å²) in [5.41, 5.74) is 3.83. The van der Waals surface area contributed by atoms with Gasteiger partial charge >= 0.3 is 5.97 Å². The van der Waals surface area contributed by atoms with Crippen molar-refractivity contribution in [1.29, 1.82) is 0 Å². The van der Waals surface area contributed by atoms with Gasteiger partial charge in [0.05, 0.1) is 12.6 Å². The van der Waals surface area contributed by atoms with E-state index in [0.29, 0.717) is 25.0 Å². The monoisotopic (exact) mass is 494 g/mol. The molecule has 36 heavy (non-hydrogen) atoms. The first-order valence-corrected chi connectivity index (χ1v) is 13.2. The summed E-state index contributed by atoms with van der Waals surface area (Å²) in [6.07, 6.45) is 7.46. The molecule has 0 bridgehead atoms. The summed E-state index contributed by atoms with van der Waals surface area (Å²) < 4.78 is 6.71. The van der Waals surface area contributed by atoms with Gasteiger partial charge < -0.3 is 9.72 Å². The van der Waals surface area contributed by atoms with Crippen molar-refractivity contribution in [3.8, 4) is 0 Å². The molecule has 1 atom stereocenters. The Morgan fingerprint density at radius 3 is 2.69 bits per heavy atom. The maximum Gasteiger partial charge on any atom is 0.327 e. The van der Waals surface area contributed by atoms with Crippen LogP contribution in [0.3, 0.4) is 0 Å². The molecular formula is C27H38N6O3. The minimum Gasteiger partial charge on any atom is -0.465 e. The number of nitrogens with one attached hydrogen (secondary N) is 1. The molecule has 2 heterocycles. The van der Waals surface area contributed by atoms with Gasteiger partial charge in [-0.15, -0.1) is 5.10 Å². The normalized spacial score (nSPS) is 15.5. The van der Waals surface area contributed by atoms with Gasteiger partial charge in [0.1, 0.15) is 6.54 Å². The summed E-state index contributed by atoms with van der Waals surface area (Å²) in [7, 11) is 0. The minimum atomic E-state index is -0.359. The molecule has 1 saturated carbocycles. The summed E-state index contributed by atoms with van der Waals surface area (Å²) in [5, 5.41) is 13.5. The third kappa shape index (κ3) is 5.83. The van der Waals surface area contributed by atoms with E-state index in [4.69, 9.17) is 4.74 Å². The van der Waals surface area contributed by atoms with Gasteiger partial charge in [0.2, 0.25) is 0 Å². The zero-order chi connectivity index (χ0) is 25.7. The molecule has 194 valence electrons. The predicted molar refractivity (Wildman–Crippen MR) is 139 cm³/mol. The van der Waals surface area contributed by atoms with E-state index in [1.165, 1.54) is 19.3 Å². The van der Waals surface area contributed by atoms with Crippen LogP contribution in [0.1, 0.15) is 87.3 Å². The third-order valence-corrected chi connectivity index (χ3v) is 7.19. The van der Waals surface area contributed by atoms with E-state index in [1.54, 1.807) is 11.6 Å². The standard InChI is InChI=1S/C27H38N6O3/c1-5-10-24(26-29-30-31-33(26)17-25(34)36-6-2)32(21-11-8-7-9-12-21)16-20-15-22-19(4)13-18(3)14-23(22)28-27(20)35/h13-15,21,24H,5-12,16-17H2,1-4H3,(H,28,35). The molecule has 1 aliphatic carbocycles. The van der Waals surface area contributed by atoms with Gasteiger partial charge in [-0.3, -0.25) is 14.5 Å². The highest BCUT2D eigenvalue weighted by Crippen LogP contribution is 2.34. The fraction of sp³-hybridized carbons (Fsp3) is 0.593. The van der Waals surface area contributed by atoms with Crippen molar-refractivity contribution in [2.45, 2.75) is 97.8 Å². The van der Waals surface area contributed by atoms with Gasteiger partial charge in [-0.05, 0) is 73.7 Å². The van der Waals surface area contributed by atoms with Gasteiger partial charge in [0.15, 0.2) is 5.82 Å². The molecule has 1 unspecified atom stereocenters. The van der Waals surface area contributed by atoms with Crippen LogP contribution in [-0.4, -0.2) is 48.7 Å². The van der Waals surface area contributed by atoms with Crippen LogP contribution >= 0.6 is 0 Å². The maximum absolute atomic E-state index is 13.2. The van der Waals surface area contributed by atoms with E-state index < -0.39 is 0 Å². The van der Waals surface area contributed by atoms with E-state index in [-0.39, 0.29) is 24.1 Å². The van der Waals surface area contributed by atoms with Crippen LogP contribution in [0.15, 0.2) is 23.0 Å². The van der Waals surface area contributed by atoms with Gasteiger partial charge in [-0.25, -0.2) is 4.68 Å². The van der Waals surface area contributed by atoms with Gasteiger partial charge in [-0.1, -0.05) is 38.7 Å². The van der Waals surface area contributed by atoms with Crippen LogP contribution in [0.25, 0.3) is 10.9 Å². The number of nitrogens with zero attached hydrogens (tertiary/aromatic N) is 5.